The van der Waals surface area contributed by atoms with Crippen LogP contribution in [0.3, 0.4) is 0 Å². The highest BCUT2D eigenvalue weighted by Crippen LogP contribution is 2.29. The first-order chi connectivity index (χ1) is 10.4. The number of hydrogen-bond acceptors (Lipinski definition) is 1. The van der Waals surface area contributed by atoms with Crippen LogP contribution in [0.2, 0.25) is 0 Å². The fourth-order valence-corrected chi connectivity index (χ4v) is 2.40. The van der Waals surface area contributed by atoms with E-state index >= 15 is 0 Å². The van der Waals surface area contributed by atoms with Gasteiger partial charge < -0.3 is 0 Å². The molecule has 0 radical (unpaired) electrons. The summed E-state index contributed by atoms with van der Waals surface area (Å²) in [5.41, 5.74) is 1.32. The molecule has 0 spiro atoms. The molecule has 2 aromatic carbocycles. The Morgan fingerprint density at radius 1 is 0.957 bits per heavy atom. The summed E-state index contributed by atoms with van der Waals surface area (Å²) in [7, 11) is 1.94. The standard InChI is InChI=1S/C18H20F3N.ClH/c1-14(11-15-7-4-3-5-8-15)22(2)13-16-9-6-10-17(12-16)18(19,20)21;/h3-10,12,14H,11,13H2,1-2H3;1H. The minimum absolute atomic E-state index is 0. The zero-order chi connectivity index (χ0) is 16.2. The fraction of sp³-hybridized carbons (Fsp3) is 0.333. The lowest BCUT2D eigenvalue weighted by atomic mass is 10.1. The molecule has 1 nitrogen and oxygen atoms in total. The highest BCUT2D eigenvalue weighted by atomic mass is 35.5. The normalized spacial score (nSPS) is 12.8. The molecular formula is C18H21ClF3N. The Morgan fingerprint density at radius 2 is 1.57 bits per heavy atom. The van der Waals surface area contributed by atoms with Crippen LogP contribution in [0.1, 0.15) is 23.6 Å². The summed E-state index contributed by atoms with van der Waals surface area (Å²) < 4.78 is 38.2. The number of likely N-dealkylation sites (N-methyl/N-ethyl adjacent to an activating group) is 1. The SMILES string of the molecule is CC(Cc1ccccc1)N(C)Cc1cccc(C(F)(F)F)c1.Cl. The molecule has 0 aliphatic carbocycles. The van der Waals surface area contributed by atoms with Crippen molar-refractivity contribution in [1.82, 2.24) is 4.90 Å². The third-order valence-electron chi connectivity index (χ3n) is 3.81. The van der Waals surface area contributed by atoms with Crippen LogP contribution in [0.15, 0.2) is 54.6 Å². The fourth-order valence-electron chi connectivity index (χ4n) is 2.40. The molecule has 2 aromatic rings. The average molecular weight is 344 g/mol. The molecule has 0 aliphatic rings. The highest BCUT2D eigenvalue weighted by molar-refractivity contribution is 5.85. The molecule has 126 valence electrons. The second-order valence-corrected chi connectivity index (χ2v) is 5.65. The summed E-state index contributed by atoms with van der Waals surface area (Å²) in [6.07, 6.45) is -3.42. The number of benzene rings is 2. The molecule has 0 aliphatic heterocycles. The third kappa shape index (κ3) is 5.88. The van der Waals surface area contributed by atoms with Gasteiger partial charge in [-0.3, -0.25) is 4.90 Å². The topological polar surface area (TPSA) is 3.24 Å². The zero-order valence-corrected chi connectivity index (χ0v) is 14.0. The van der Waals surface area contributed by atoms with Crippen molar-refractivity contribution < 1.29 is 13.2 Å². The van der Waals surface area contributed by atoms with Crippen molar-refractivity contribution in [3.05, 3.63) is 71.3 Å². The van der Waals surface area contributed by atoms with E-state index in [0.29, 0.717) is 12.1 Å². The number of nitrogens with zero attached hydrogens (tertiary/aromatic N) is 1. The summed E-state index contributed by atoms with van der Waals surface area (Å²) in [6.45, 7) is 2.58. The van der Waals surface area contributed by atoms with Crippen molar-refractivity contribution >= 4 is 12.4 Å². The lowest BCUT2D eigenvalue weighted by Crippen LogP contribution is -2.30. The van der Waals surface area contributed by atoms with Gasteiger partial charge in [0.1, 0.15) is 0 Å². The molecule has 0 amide bonds. The Morgan fingerprint density at radius 3 is 2.17 bits per heavy atom. The maximum atomic E-state index is 12.7. The molecule has 2 rings (SSSR count). The smallest absolute Gasteiger partial charge is 0.299 e. The van der Waals surface area contributed by atoms with Gasteiger partial charge in [-0.1, -0.05) is 48.5 Å². The van der Waals surface area contributed by atoms with Gasteiger partial charge in [0.05, 0.1) is 5.56 Å². The van der Waals surface area contributed by atoms with E-state index in [4.69, 9.17) is 0 Å². The van der Waals surface area contributed by atoms with Crippen LogP contribution in [0.25, 0.3) is 0 Å². The average Bonchev–Trinajstić information content (AvgIpc) is 2.47. The van der Waals surface area contributed by atoms with Crippen molar-refractivity contribution in [3.63, 3.8) is 0 Å². The Labute approximate surface area is 141 Å². The van der Waals surface area contributed by atoms with E-state index in [1.807, 2.05) is 25.2 Å². The molecule has 0 N–H and O–H groups in total. The molecule has 0 saturated carbocycles. The van der Waals surface area contributed by atoms with Crippen LogP contribution >= 0.6 is 12.4 Å². The summed E-state index contributed by atoms with van der Waals surface area (Å²) in [5.74, 6) is 0. The van der Waals surface area contributed by atoms with E-state index in [1.54, 1.807) is 6.07 Å². The predicted molar refractivity (Wildman–Crippen MR) is 89.8 cm³/mol. The first-order valence-electron chi connectivity index (χ1n) is 7.26. The van der Waals surface area contributed by atoms with Gasteiger partial charge in [-0.15, -0.1) is 12.4 Å². The molecular weight excluding hydrogens is 323 g/mol. The summed E-state index contributed by atoms with van der Waals surface area (Å²) >= 11 is 0. The lowest BCUT2D eigenvalue weighted by molar-refractivity contribution is -0.137. The number of rotatable bonds is 5. The molecule has 0 bridgehead atoms. The van der Waals surface area contributed by atoms with Gasteiger partial charge in [0.2, 0.25) is 0 Å². The Bertz CT molecular complexity index is 599. The van der Waals surface area contributed by atoms with Crippen LogP contribution in [0, 0.1) is 0 Å². The van der Waals surface area contributed by atoms with E-state index in [-0.39, 0.29) is 18.4 Å². The van der Waals surface area contributed by atoms with Crippen LogP contribution in [-0.4, -0.2) is 18.0 Å². The second-order valence-electron chi connectivity index (χ2n) is 5.65. The van der Waals surface area contributed by atoms with Gasteiger partial charge >= 0.3 is 6.18 Å². The van der Waals surface area contributed by atoms with Gasteiger partial charge in [0.25, 0.3) is 0 Å². The maximum absolute atomic E-state index is 12.7. The Hall–Kier alpha value is -1.52. The van der Waals surface area contributed by atoms with E-state index in [2.05, 4.69) is 24.0 Å². The summed E-state index contributed by atoms with van der Waals surface area (Å²) in [4.78, 5) is 2.07. The summed E-state index contributed by atoms with van der Waals surface area (Å²) in [5, 5.41) is 0. The molecule has 0 saturated heterocycles. The molecule has 0 heterocycles. The minimum Gasteiger partial charge on any atom is -0.299 e. The highest BCUT2D eigenvalue weighted by Gasteiger charge is 2.30. The van der Waals surface area contributed by atoms with Crippen molar-refractivity contribution in [3.8, 4) is 0 Å². The van der Waals surface area contributed by atoms with Crippen molar-refractivity contribution in [1.29, 1.82) is 0 Å². The van der Waals surface area contributed by atoms with E-state index in [1.165, 1.54) is 17.7 Å². The second kappa shape index (κ2) is 8.37. The van der Waals surface area contributed by atoms with Gasteiger partial charge in [-0.2, -0.15) is 13.2 Å². The first-order valence-corrected chi connectivity index (χ1v) is 7.26. The van der Waals surface area contributed by atoms with Crippen LogP contribution < -0.4 is 0 Å². The molecule has 1 atom stereocenters. The van der Waals surface area contributed by atoms with Crippen LogP contribution in [0.5, 0.6) is 0 Å². The molecule has 1 unspecified atom stereocenters. The number of hydrogen-bond donors (Lipinski definition) is 0. The van der Waals surface area contributed by atoms with Gasteiger partial charge in [0.15, 0.2) is 0 Å². The van der Waals surface area contributed by atoms with Gasteiger partial charge in [-0.25, -0.2) is 0 Å². The largest absolute Gasteiger partial charge is 0.416 e. The molecule has 0 aromatic heterocycles. The number of halogens is 4. The van der Waals surface area contributed by atoms with Crippen molar-refractivity contribution in [2.45, 2.75) is 32.1 Å². The Balaban J connectivity index is 0.00000264. The minimum atomic E-state index is -4.29. The summed E-state index contributed by atoms with van der Waals surface area (Å²) in [6, 6.07) is 15.9. The zero-order valence-electron chi connectivity index (χ0n) is 13.2. The van der Waals surface area contributed by atoms with E-state index in [9.17, 15) is 13.2 Å². The van der Waals surface area contributed by atoms with E-state index in [0.717, 1.165) is 12.5 Å². The number of alkyl halides is 3. The predicted octanol–water partition coefficient (Wildman–Crippen LogP) is 5.19. The Kier molecular flexibility index (Phi) is 7.10. The van der Waals surface area contributed by atoms with Crippen molar-refractivity contribution in [2.75, 3.05) is 7.05 Å². The van der Waals surface area contributed by atoms with E-state index < -0.39 is 11.7 Å². The maximum Gasteiger partial charge on any atom is 0.416 e. The molecule has 0 fully saturated rings. The van der Waals surface area contributed by atoms with Gasteiger partial charge in [-0.05, 0) is 37.6 Å². The monoisotopic (exact) mass is 343 g/mol. The molecule has 5 heteroatoms. The van der Waals surface area contributed by atoms with Gasteiger partial charge in [0, 0.05) is 12.6 Å². The lowest BCUT2D eigenvalue weighted by Gasteiger charge is -2.25. The van der Waals surface area contributed by atoms with Crippen LogP contribution in [0.4, 0.5) is 13.2 Å². The van der Waals surface area contributed by atoms with Crippen LogP contribution in [-0.2, 0) is 19.1 Å². The molecule has 23 heavy (non-hydrogen) atoms. The van der Waals surface area contributed by atoms with Crippen molar-refractivity contribution in [2.24, 2.45) is 0 Å². The first kappa shape index (κ1) is 19.5. The quantitative estimate of drug-likeness (QED) is 0.722. The third-order valence-corrected chi connectivity index (χ3v) is 3.81.